The summed E-state index contributed by atoms with van der Waals surface area (Å²) in [4.78, 5) is 12.0. The van der Waals surface area contributed by atoms with E-state index in [1.165, 1.54) is 32.1 Å². The van der Waals surface area contributed by atoms with Gasteiger partial charge < -0.3 is 11.1 Å². The van der Waals surface area contributed by atoms with Crippen molar-refractivity contribution in [2.24, 2.45) is 35.3 Å². The fourth-order valence-electron chi connectivity index (χ4n) is 4.57. The van der Waals surface area contributed by atoms with Crippen molar-refractivity contribution in [1.29, 1.82) is 0 Å². The molecule has 0 radical (unpaired) electrons. The number of carbonyl (C=O) groups excluding carboxylic acids is 1. The van der Waals surface area contributed by atoms with Crippen molar-refractivity contribution in [3.8, 4) is 0 Å². The summed E-state index contributed by atoms with van der Waals surface area (Å²) in [6.07, 6.45) is 6.89. The molecule has 4 bridgehead atoms. The number of rotatable bonds is 3. The summed E-state index contributed by atoms with van der Waals surface area (Å²) >= 11 is 0. The molecule has 1 atom stereocenters. The maximum atomic E-state index is 12.0. The molecule has 1 amide bonds. The molecule has 0 saturated heterocycles. The monoisotopic (exact) mass is 236 g/mol. The molecule has 3 nitrogen and oxygen atoms in total. The third kappa shape index (κ3) is 1.99. The van der Waals surface area contributed by atoms with E-state index in [-0.39, 0.29) is 11.8 Å². The Labute approximate surface area is 104 Å². The van der Waals surface area contributed by atoms with Crippen LogP contribution in [0.3, 0.4) is 0 Å². The molecular weight excluding hydrogens is 212 g/mol. The molecule has 0 aromatic heterocycles. The molecule has 0 heterocycles. The maximum absolute atomic E-state index is 12.0. The van der Waals surface area contributed by atoms with Crippen molar-refractivity contribution in [3.63, 3.8) is 0 Å². The smallest absolute Gasteiger partial charge is 0.224 e. The summed E-state index contributed by atoms with van der Waals surface area (Å²) in [6, 6.07) is 0.462. The first-order valence-electron chi connectivity index (χ1n) is 7.17. The molecule has 0 aliphatic heterocycles. The molecule has 0 spiro atoms. The van der Waals surface area contributed by atoms with E-state index in [0.29, 0.717) is 12.6 Å². The molecule has 4 fully saturated rings. The number of amides is 1. The van der Waals surface area contributed by atoms with Gasteiger partial charge in [0, 0.05) is 18.5 Å². The zero-order chi connectivity index (χ0) is 12.0. The van der Waals surface area contributed by atoms with Crippen LogP contribution in [0.15, 0.2) is 0 Å². The average molecular weight is 236 g/mol. The Hall–Kier alpha value is -0.570. The highest BCUT2D eigenvalue weighted by Crippen LogP contribution is 2.53. The highest BCUT2D eigenvalue weighted by atomic mass is 16.1. The molecule has 4 rings (SSSR count). The van der Waals surface area contributed by atoms with Crippen molar-refractivity contribution in [3.05, 3.63) is 0 Å². The standard InChI is InChI=1S/C14H24N2O/c1-8(7-15)14(17)16-13-11-3-9-2-10(5-11)6-12(13)4-9/h8-13H,2-7,15H2,1H3,(H,16,17). The fraction of sp³-hybridized carbons (Fsp3) is 0.929. The Morgan fingerprint density at radius 2 is 1.71 bits per heavy atom. The van der Waals surface area contributed by atoms with Gasteiger partial charge in [-0.05, 0) is 55.8 Å². The van der Waals surface area contributed by atoms with Gasteiger partial charge in [-0.3, -0.25) is 4.79 Å². The molecule has 1 unspecified atom stereocenters. The molecule has 96 valence electrons. The fourth-order valence-corrected chi connectivity index (χ4v) is 4.57. The van der Waals surface area contributed by atoms with Crippen LogP contribution in [0.4, 0.5) is 0 Å². The molecule has 0 aromatic carbocycles. The minimum Gasteiger partial charge on any atom is -0.353 e. The summed E-state index contributed by atoms with van der Waals surface area (Å²) in [5.41, 5.74) is 5.56. The van der Waals surface area contributed by atoms with Crippen molar-refractivity contribution in [2.75, 3.05) is 6.54 Å². The second-order valence-corrected chi connectivity index (χ2v) is 6.60. The van der Waals surface area contributed by atoms with Gasteiger partial charge in [-0.25, -0.2) is 0 Å². The lowest BCUT2D eigenvalue weighted by atomic mass is 9.54. The zero-order valence-electron chi connectivity index (χ0n) is 10.7. The molecule has 0 aromatic rings. The number of nitrogens with two attached hydrogens (primary N) is 1. The minimum atomic E-state index is -0.0350. The lowest BCUT2D eigenvalue weighted by Crippen LogP contribution is -2.56. The number of carbonyl (C=O) groups is 1. The lowest BCUT2D eigenvalue weighted by molar-refractivity contribution is -0.128. The predicted molar refractivity (Wildman–Crippen MR) is 67.2 cm³/mol. The minimum absolute atomic E-state index is 0.0350. The Bertz CT molecular complexity index is 287. The van der Waals surface area contributed by atoms with Crippen LogP contribution in [0.2, 0.25) is 0 Å². The molecule has 17 heavy (non-hydrogen) atoms. The lowest BCUT2D eigenvalue weighted by Gasteiger charge is -2.54. The van der Waals surface area contributed by atoms with Crippen molar-refractivity contribution < 1.29 is 4.79 Å². The van der Waals surface area contributed by atoms with Gasteiger partial charge in [-0.2, -0.15) is 0 Å². The SMILES string of the molecule is CC(CN)C(=O)NC1C2CC3CC(C2)CC1C3. The Kier molecular flexibility index (Phi) is 2.89. The molecule has 4 aliphatic carbocycles. The van der Waals surface area contributed by atoms with Crippen LogP contribution in [0.1, 0.15) is 39.0 Å². The second kappa shape index (κ2) is 4.27. The topological polar surface area (TPSA) is 55.1 Å². The first kappa shape index (κ1) is 11.5. The Balaban J connectivity index is 1.66. The summed E-state index contributed by atoms with van der Waals surface area (Å²) in [5.74, 6) is 3.60. The first-order valence-corrected chi connectivity index (χ1v) is 7.17. The maximum Gasteiger partial charge on any atom is 0.224 e. The van der Waals surface area contributed by atoms with Gasteiger partial charge in [0.25, 0.3) is 0 Å². The van der Waals surface area contributed by atoms with Crippen molar-refractivity contribution in [1.82, 2.24) is 5.32 Å². The van der Waals surface area contributed by atoms with Gasteiger partial charge in [0.05, 0.1) is 0 Å². The molecule has 3 N–H and O–H groups in total. The van der Waals surface area contributed by atoms with Gasteiger partial charge in [-0.1, -0.05) is 6.92 Å². The number of nitrogens with one attached hydrogen (secondary N) is 1. The van der Waals surface area contributed by atoms with E-state index in [1.54, 1.807) is 0 Å². The number of hydrogen-bond acceptors (Lipinski definition) is 2. The third-order valence-electron chi connectivity index (χ3n) is 5.34. The van der Waals surface area contributed by atoms with Crippen LogP contribution in [0, 0.1) is 29.6 Å². The van der Waals surface area contributed by atoms with Crippen LogP contribution in [-0.2, 0) is 4.79 Å². The Morgan fingerprint density at radius 3 is 2.18 bits per heavy atom. The summed E-state index contributed by atoms with van der Waals surface area (Å²) in [5, 5.41) is 3.29. The van der Waals surface area contributed by atoms with E-state index in [9.17, 15) is 4.79 Å². The van der Waals surface area contributed by atoms with Crippen LogP contribution in [0.25, 0.3) is 0 Å². The van der Waals surface area contributed by atoms with E-state index in [2.05, 4.69) is 5.32 Å². The second-order valence-electron chi connectivity index (χ2n) is 6.60. The quantitative estimate of drug-likeness (QED) is 0.780. The van der Waals surface area contributed by atoms with Gasteiger partial charge in [0.15, 0.2) is 0 Å². The van der Waals surface area contributed by atoms with Gasteiger partial charge >= 0.3 is 0 Å². The summed E-state index contributed by atoms with van der Waals surface area (Å²) in [6.45, 7) is 2.38. The van der Waals surface area contributed by atoms with E-state index >= 15 is 0 Å². The zero-order valence-corrected chi connectivity index (χ0v) is 10.7. The van der Waals surface area contributed by atoms with Gasteiger partial charge in [0.1, 0.15) is 0 Å². The van der Waals surface area contributed by atoms with Crippen molar-refractivity contribution >= 4 is 5.91 Å². The van der Waals surface area contributed by atoms with Crippen LogP contribution >= 0.6 is 0 Å². The average Bonchev–Trinajstić information content (AvgIpc) is 2.31. The molecular formula is C14H24N2O. The third-order valence-corrected chi connectivity index (χ3v) is 5.34. The van der Waals surface area contributed by atoms with Crippen LogP contribution in [-0.4, -0.2) is 18.5 Å². The van der Waals surface area contributed by atoms with Gasteiger partial charge in [0.2, 0.25) is 5.91 Å². The van der Waals surface area contributed by atoms with E-state index < -0.39 is 0 Å². The molecule has 4 aliphatic rings. The van der Waals surface area contributed by atoms with E-state index in [1.807, 2.05) is 6.92 Å². The van der Waals surface area contributed by atoms with Crippen LogP contribution < -0.4 is 11.1 Å². The first-order chi connectivity index (χ1) is 8.17. The van der Waals surface area contributed by atoms with E-state index in [4.69, 9.17) is 5.73 Å². The van der Waals surface area contributed by atoms with Gasteiger partial charge in [-0.15, -0.1) is 0 Å². The highest BCUT2D eigenvalue weighted by Gasteiger charge is 2.48. The molecule has 3 heteroatoms. The largest absolute Gasteiger partial charge is 0.353 e. The Morgan fingerprint density at radius 1 is 1.18 bits per heavy atom. The van der Waals surface area contributed by atoms with Crippen LogP contribution in [0.5, 0.6) is 0 Å². The summed E-state index contributed by atoms with van der Waals surface area (Å²) in [7, 11) is 0. The van der Waals surface area contributed by atoms with E-state index in [0.717, 1.165) is 23.7 Å². The normalized spacial score (nSPS) is 44.7. The van der Waals surface area contributed by atoms with Crippen molar-refractivity contribution in [2.45, 2.75) is 45.1 Å². The summed E-state index contributed by atoms with van der Waals surface area (Å²) < 4.78 is 0. The predicted octanol–water partition coefficient (Wildman–Crippen LogP) is 1.52. The molecule has 4 saturated carbocycles. The number of hydrogen-bond donors (Lipinski definition) is 2. The highest BCUT2D eigenvalue weighted by molar-refractivity contribution is 5.78.